The Bertz CT molecular complexity index is 1200. The second kappa shape index (κ2) is 7.99. The third-order valence-electron chi connectivity index (χ3n) is 5.86. The van der Waals surface area contributed by atoms with Gasteiger partial charge in [-0.05, 0) is 61.4 Å². The first-order chi connectivity index (χ1) is 15.1. The lowest BCUT2D eigenvalue weighted by molar-refractivity contribution is -0.129. The average Bonchev–Trinajstić information content (AvgIpc) is 3.52. The van der Waals surface area contributed by atoms with Crippen molar-refractivity contribution in [2.45, 2.75) is 44.8 Å². The van der Waals surface area contributed by atoms with E-state index in [0.29, 0.717) is 5.56 Å². The van der Waals surface area contributed by atoms with E-state index in [4.69, 9.17) is 9.72 Å². The number of ether oxygens (including phenoxy) is 1. The third kappa shape index (κ3) is 3.96. The molecule has 1 atom stereocenters. The average molecular weight is 412 g/mol. The Morgan fingerprint density at radius 1 is 1.06 bits per heavy atom. The van der Waals surface area contributed by atoms with Crippen LogP contribution in [0.15, 0.2) is 54.6 Å². The van der Waals surface area contributed by atoms with Crippen LogP contribution in [0, 0.1) is 0 Å². The quantitative estimate of drug-likeness (QED) is 0.625. The first-order valence-corrected chi connectivity index (χ1v) is 10.8. The summed E-state index contributed by atoms with van der Waals surface area (Å²) in [5.74, 6) is -0.704. The Hall–Kier alpha value is -3.47. The van der Waals surface area contributed by atoms with Gasteiger partial charge in [0.1, 0.15) is 0 Å². The van der Waals surface area contributed by atoms with Crippen LogP contribution in [0.5, 0.6) is 0 Å². The van der Waals surface area contributed by atoms with Crippen LogP contribution in [-0.4, -0.2) is 29.0 Å². The number of hydrogen-bond donors (Lipinski definition) is 1. The van der Waals surface area contributed by atoms with E-state index in [1.54, 1.807) is 6.92 Å². The van der Waals surface area contributed by atoms with Gasteiger partial charge in [0, 0.05) is 11.4 Å². The summed E-state index contributed by atoms with van der Waals surface area (Å²) in [6, 6.07) is 18.0. The van der Waals surface area contributed by atoms with Crippen molar-refractivity contribution in [2.24, 2.45) is 0 Å². The van der Waals surface area contributed by atoms with E-state index in [2.05, 4.69) is 23.5 Å². The molecule has 1 amide bonds. The van der Waals surface area contributed by atoms with E-state index in [1.165, 1.54) is 0 Å². The first-order valence-electron chi connectivity index (χ1n) is 10.8. The molecule has 0 unspecified atom stereocenters. The molecule has 1 N–H and O–H groups in total. The summed E-state index contributed by atoms with van der Waals surface area (Å²) in [6.07, 6.45) is 4.81. The third-order valence-corrected chi connectivity index (χ3v) is 5.86. The van der Waals surface area contributed by atoms with Crippen LogP contribution in [0.3, 0.4) is 0 Å². The zero-order valence-corrected chi connectivity index (χ0v) is 17.4. The van der Waals surface area contributed by atoms with Crippen LogP contribution in [0.4, 0.5) is 0 Å². The van der Waals surface area contributed by atoms with Crippen molar-refractivity contribution >= 4 is 34.4 Å². The van der Waals surface area contributed by atoms with Gasteiger partial charge < -0.3 is 10.1 Å². The van der Waals surface area contributed by atoms with Crippen LogP contribution in [-0.2, 0) is 16.0 Å². The topological polar surface area (TPSA) is 68.3 Å². The molecule has 1 aromatic heterocycles. The minimum atomic E-state index is -0.837. The molecule has 1 saturated carbocycles. The number of hydrogen-bond acceptors (Lipinski definition) is 4. The molecule has 2 aliphatic carbocycles. The molecule has 3 aromatic rings. The lowest BCUT2D eigenvalue weighted by atomic mass is 10.0. The molecule has 0 radical (unpaired) electrons. The van der Waals surface area contributed by atoms with Crippen molar-refractivity contribution in [3.8, 4) is 0 Å². The summed E-state index contributed by atoms with van der Waals surface area (Å²) in [7, 11) is 0. The molecule has 5 heteroatoms. The van der Waals surface area contributed by atoms with Gasteiger partial charge in [-0.3, -0.25) is 4.79 Å². The monoisotopic (exact) mass is 412 g/mol. The molecule has 0 aliphatic heterocycles. The van der Waals surface area contributed by atoms with E-state index >= 15 is 0 Å². The van der Waals surface area contributed by atoms with Crippen LogP contribution in [0.2, 0.25) is 0 Å². The fourth-order valence-corrected chi connectivity index (χ4v) is 4.08. The van der Waals surface area contributed by atoms with E-state index in [-0.39, 0.29) is 11.9 Å². The molecule has 0 bridgehead atoms. The van der Waals surface area contributed by atoms with Crippen LogP contribution < -0.4 is 5.32 Å². The van der Waals surface area contributed by atoms with Crippen LogP contribution in [0.1, 0.15) is 53.4 Å². The number of para-hydroxylation sites is 1. The summed E-state index contributed by atoms with van der Waals surface area (Å²) < 4.78 is 5.62. The summed E-state index contributed by atoms with van der Waals surface area (Å²) >= 11 is 0. The number of carbonyl (C=O) groups excluding carboxylic acids is 2. The molecule has 1 heterocycles. The Morgan fingerprint density at radius 2 is 1.81 bits per heavy atom. The van der Waals surface area contributed by atoms with Gasteiger partial charge in [-0.15, -0.1) is 0 Å². The summed E-state index contributed by atoms with van der Waals surface area (Å²) in [4.78, 5) is 30.4. The number of rotatable bonds is 5. The number of carbonyl (C=O) groups is 2. The highest BCUT2D eigenvalue weighted by Crippen LogP contribution is 2.38. The number of pyridine rings is 1. The standard InChI is InChI=1S/C26H24N2O3/c1-16(25(29)27-19-12-13-19)31-26(30)23-20-9-5-6-10-22(20)28-24-18(11-14-21(23)24)15-17-7-3-2-4-8-17/h2-10,15-16,19H,11-14H2,1H3,(H,27,29)/b18-15+/t16-/m1/s1. The Balaban J connectivity index is 1.53. The van der Waals surface area contributed by atoms with Crippen molar-refractivity contribution in [3.63, 3.8) is 0 Å². The van der Waals surface area contributed by atoms with Crippen molar-refractivity contribution in [1.29, 1.82) is 0 Å². The molecule has 0 saturated heterocycles. The minimum absolute atomic E-state index is 0.227. The van der Waals surface area contributed by atoms with Crippen molar-refractivity contribution in [3.05, 3.63) is 77.0 Å². The molecule has 5 nitrogen and oxygen atoms in total. The predicted octanol–water partition coefficient (Wildman–Crippen LogP) is 4.55. The number of fused-ring (bicyclic) bond motifs is 2. The summed E-state index contributed by atoms with van der Waals surface area (Å²) in [5, 5.41) is 3.66. The second-order valence-corrected chi connectivity index (χ2v) is 8.24. The Morgan fingerprint density at radius 3 is 2.58 bits per heavy atom. The van der Waals surface area contributed by atoms with Gasteiger partial charge in [0.2, 0.25) is 0 Å². The zero-order valence-electron chi connectivity index (χ0n) is 17.4. The van der Waals surface area contributed by atoms with Gasteiger partial charge in [-0.1, -0.05) is 48.5 Å². The van der Waals surface area contributed by atoms with Crippen molar-refractivity contribution in [2.75, 3.05) is 0 Å². The molecular formula is C26H24N2O3. The molecule has 1 fully saturated rings. The fourth-order valence-electron chi connectivity index (χ4n) is 4.08. The smallest absolute Gasteiger partial charge is 0.339 e. The van der Waals surface area contributed by atoms with E-state index in [9.17, 15) is 9.59 Å². The predicted molar refractivity (Wildman–Crippen MR) is 120 cm³/mol. The molecular weight excluding hydrogens is 388 g/mol. The highest BCUT2D eigenvalue weighted by atomic mass is 16.5. The Labute approximate surface area is 181 Å². The summed E-state index contributed by atoms with van der Waals surface area (Å²) in [5.41, 5.74) is 5.26. The van der Waals surface area contributed by atoms with E-state index < -0.39 is 12.1 Å². The molecule has 0 spiro atoms. The van der Waals surface area contributed by atoms with Gasteiger partial charge >= 0.3 is 5.97 Å². The fraction of sp³-hybridized carbons (Fsp3) is 0.269. The maximum Gasteiger partial charge on any atom is 0.339 e. The Kier molecular flexibility index (Phi) is 5.02. The second-order valence-electron chi connectivity index (χ2n) is 8.24. The molecule has 5 rings (SSSR count). The number of benzene rings is 2. The molecule has 2 aliphatic rings. The highest BCUT2D eigenvalue weighted by Gasteiger charge is 2.31. The van der Waals surface area contributed by atoms with Gasteiger partial charge in [0.15, 0.2) is 6.10 Å². The van der Waals surface area contributed by atoms with Gasteiger partial charge in [-0.25, -0.2) is 9.78 Å². The highest BCUT2D eigenvalue weighted by molar-refractivity contribution is 6.07. The maximum absolute atomic E-state index is 13.3. The van der Waals surface area contributed by atoms with Crippen LogP contribution in [0.25, 0.3) is 22.6 Å². The van der Waals surface area contributed by atoms with E-state index in [1.807, 2.05) is 42.5 Å². The number of nitrogens with one attached hydrogen (secondary N) is 1. The maximum atomic E-state index is 13.3. The zero-order chi connectivity index (χ0) is 21.4. The number of aromatic nitrogens is 1. The summed E-state index contributed by atoms with van der Waals surface area (Å²) in [6.45, 7) is 1.62. The molecule has 156 valence electrons. The number of nitrogens with zero attached hydrogens (tertiary/aromatic N) is 1. The largest absolute Gasteiger partial charge is 0.449 e. The van der Waals surface area contributed by atoms with E-state index in [0.717, 1.165) is 59.0 Å². The normalized spacial score (nSPS) is 17.4. The minimum Gasteiger partial charge on any atom is -0.449 e. The van der Waals surface area contributed by atoms with Crippen LogP contribution >= 0.6 is 0 Å². The first kappa shape index (κ1) is 19.5. The lowest BCUT2D eigenvalue weighted by Crippen LogP contribution is -2.37. The SMILES string of the molecule is C[C@@H](OC(=O)c1c2c(nc3ccccc13)/C(=C/c1ccccc1)CC2)C(=O)NC1CC1. The molecule has 31 heavy (non-hydrogen) atoms. The van der Waals surface area contributed by atoms with Gasteiger partial charge in [-0.2, -0.15) is 0 Å². The van der Waals surface area contributed by atoms with Gasteiger partial charge in [0.25, 0.3) is 5.91 Å². The van der Waals surface area contributed by atoms with Crippen molar-refractivity contribution < 1.29 is 14.3 Å². The van der Waals surface area contributed by atoms with Crippen molar-refractivity contribution in [1.82, 2.24) is 10.3 Å². The van der Waals surface area contributed by atoms with Gasteiger partial charge in [0.05, 0.1) is 16.8 Å². The molecule has 2 aromatic carbocycles. The number of allylic oxidation sites excluding steroid dienone is 1. The number of amides is 1. The lowest BCUT2D eigenvalue weighted by Gasteiger charge is -2.16. The number of esters is 1.